The molecule has 0 spiro atoms. The quantitative estimate of drug-likeness (QED) is 0.342. The lowest BCUT2D eigenvalue weighted by Crippen LogP contribution is -2.57. The average Bonchev–Trinajstić information content (AvgIpc) is 3.43. The van der Waals surface area contributed by atoms with Crippen molar-refractivity contribution in [3.8, 4) is 0 Å². The highest BCUT2D eigenvalue weighted by molar-refractivity contribution is 5.99. The van der Waals surface area contributed by atoms with Gasteiger partial charge in [-0.25, -0.2) is 0 Å². The molecule has 1 aromatic rings. The Kier molecular flexibility index (Phi) is 8.21. The summed E-state index contributed by atoms with van der Waals surface area (Å²) >= 11 is 0. The Bertz CT molecular complexity index is 1050. The standard InChI is InChI=1S/C27H38N6O4/c1-5-12-32-13-10-18(11-14-32)17-6-8-19(9-7-17)25(35)29-24(27(2,3)4)26(36)33-15-20(30-31-28)23-22(33)21(34)16-37-23/h6-9,18,20,22-24H,5,10-16H2,1-4H3,(H,29,35)/t20-,22+,23+,24+/m0/s1. The number of benzene rings is 1. The van der Waals surface area contributed by atoms with Crippen molar-refractivity contribution in [1.29, 1.82) is 0 Å². The second-order valence-corrected chi connectivity index (χ2v) is 11.5. The van der Waals surface area contributed by atoms with E-state index in [1.807, 2.05) is 45.0 Å². The fraction of sp³-hybridized carbons (Fsp3) is 0.667. The van der Waals surface area contributed by atoms with E-state index in [1.165, 1.54) is 16.9 Å². The zero-order valence-electron chi connectivity index (χ0n) is 22.2. The summed E-state index contributed by atoms with van der Waals surface area (Å²) in [5.41, 5.74) is 10.0. The third-order valence-electron chi connectivity index (χ3n) is 7.80. The van der Waals surface area contributed by atoms with Crippen molar-refractivity contribution in [3.05, 3.63) is 45.8 Å². The SMILES string of the molecule is CCCN1CCC(c2ccc(C(=O)N[C@H](C(=O)N3C[C@H](N=[N+]=[N-])[C@H]4OCC(=O)[C@H]43)C(C)(C)C)cc2)CC1. The Morgan fingerprint density at radius 2 is 1.89 bits per heavy atom. The number of carbonyl (C=O) groups is 3. The lowest BCUT2D eigenvalue weighted by atomic mass is 9.85. The summed E-state index contributed by atoms with van der Waals surface area (Å²) in [6.45, 7) is 11.1. The van der Waals surface area contributed by atoms with Crippen molar-refractivity contribution in [1.82, 2.24) is 15.1 Å². The van der Waals surface area contributed by atoms with Crippen LogP contribution in [0.25, 0.3) is 10.4 Å². The molecule has 1 N–H and O–H groups in total. The summed E-state index contributed by atoms with van der Waals surface area (Å²) in [6.07, 6.45) is 2.75. The average molecular weight is 511 g/mol. The maximum Gasteiger partial charge on any atom is 0.251 e. The van der Waals surface area contributed by atoms with Gasteiger partial charge in [-0.05, 0) is 73.5 Å². The highest BCUT2D eigenvalue weighted by Gasteiger charge is 2.53. The number of carbonyl (C=O) groups excluding carboxylic acids is 3. The minimum atomic E-state index is -0.874. The van der Waals surface area contributed by atoms with Gasteiger partial charge in [0.1, 0.15) is 18.7 Å². The minimum absolute atomic E-state index is 0.0815. The first kappa shape index (κ1) is 27.1. The normalized spacial score (nSPS) is 25.5. The van der Waals surface area contributed by atoms with Crippen LogP contribution in [0, 0.1) is 5.41 Å². The van der Waals surface area contributed by atoms with E-state index in [-0.39, 0.29) is 30.7 Å². The number of ether oxygens (including phenoxy) is 1. The van der Waals surface area contributed by atoms with E-state index < -0.39 is 29.6 Å². The Balaban J connectivity index is 1.45. The van der Waals surface area contributed by atoms with E-state index in [0.29, 0.717) is 11.5 Å². The van der Waals surface area contributed by atoms with Gasteiger partial charge in [0.05, 0.1) is 12.1 Å². The van der Waals surface area contributed by atoms with Gasteiger partial charge < -0.3 is 19.9 Å². The highest BCUT2D eigenvalue weighted by Crippen LogP contribution is 2.33. The Labute approximate surface area is 218 Å². The summed E-state index contributed by atoms with van der Waals surface area (Å²) < 4.78 is 5.53. The van der Waals surface area contributed by atoms with Gasteiger partial charge in [0.2, 0.25) is 5.91 Å². The fourth-order valence-corrected chi connectivity index (χ4v) is 5.77. The first-order valence-corrected chi connectivity index (χ1v) is 13.3. The maximum absolute atomic E-state index is 13.7. The van der Waals surface area contributed by atoms with Crippen molar-refractivity contribution in [3.63, 3.8) is 0 Å². The van der Waals surface area contributed by atoms with Crippen molar-refractivity contribution < 1.29 is 19.1 Å². The van der Waals surface area contributed by atoms with E-state index in [0.717, 1.165) is 32.5 Å². The minimum Gasteiger partial charge on any atom is -0.367 e. The molecule has 3 fully saturated rings. The van der Waals surface area contributed by atoms with Crippen molar-refractivity contribution >= 4 is 17.6 Å². The van der Waals surface area contributed by atoms with Crippen molar-refractivity contribution in [2.24, 2.45) is 10.5 Å². The van der Waals surface area contributed by atoms with Crippen molar-refractivity contribution in [2.75, 3.05) is 32.8 Å². The maximum atomic E-state index is 13.7. The highest BCUT2D eigenvalue weighted by atomic mass is 16.5. The lowest BCUT2D eigenvalue weighted by Gasteiger charge is -2.35. The second kappa shape index (κ2) is 11.2. The molecule has 0 bridgehead atoms. The number of hydrogen-bond acceptors (Lipinski definition) is 6. The number of nitrogens with zero attached hydrogens (tertiary/aromatic N) is 5. The number of nitrogens with one attached hydrogen (secondary N) is 1. The third-order valence-corrected chi connectivity index (χ3v) is 7.80. The number of Topliss-reactive ketones (excluding diaryl/α,β-unsaturated/α-hetero) is 1. The number of amides is 2. The smallest absolute Gasteiger partial charge is 0.251 e. The van der Waals surface area contributed by atoms with Crippen LogP contribution in [0.2, 0.25) is 0 Å². The van der Waals surface area contributed by atoms with Gasteiger partial charge >= 0.3 is 0 Å². The number of rotatable bonds is 7. The molecule has 0 saturated carbocycles. The lowest BCUT2D eigenvalue weighted by molar-refractivity contribution is -0.140. The van der Waals surface area contributed by atoms with E-state index >= 15 is 0 Å². The van der Waals surface area contributed by atoms with Gasteiger partial charge in [0.25, 0.3) is 5.91 Å². The number of fused-ring (bicyclic) bond motifs is 1. The molecule has 0 aromatic heterocycles. The summed E-state index contributed by atoms with van der Waals surface area (Å²) in [7, 11) is 0. The molecule has 2 amide bonds. The zero-order valence-corrected chi connectivity index (χ0v) is 22.2. The Hall–Kier alpha value is -2.94. The first-order chi connectivity index (χ1) is 17.6. The van der Waals surface area contributed by atoms with Gasteiger partial charge in [0.15, 0.2) is 5.78 Å². The predicted molar refractivity (Wildman–Crippen MR) is 139 cm³/mol. The molecular weight excluding hydrogens is 472 g/mol. The molecule has 37 heavy (non-hydrogen) atoms. The van der Waals surface area contributed by atoms with E-state index in [2.05, 4.69) is 27.2 Å². The summed E-state index contributed by atoms with van der Waals surface area (Å²) in [5, 5.41) is 6.66. The number of likely N-dealkylation sites (tertiary alicyclic amines) is 2. The van der Waals surface area contributed by atoms with Crippen LogP contribution in [-0.4, -0.2) is 84.4 Å². The topological polar surface area (TPSA) is 128 Å². The van der Waals surface area contributed by atoms with Gasteiger partial charge in [-0.3, -0.25) is 14.4 Å². The van der Waals surface area contributed by atoms with Crippen LogP contribution in [0.5, 0.6) is 0 Å². The zero-order chi connectivity index (χ0) is 26.7. The molecule has 3 aliphatic rings. The van der Waals surface area contributed by atoms with Gasteiger partial charge in [0, 0.05) is 17.0 Å². The van der Waals surface area contributed by atoms with Crippen LogP contribution in [0.4, 0.5) is 0 Å². The van der Waals surface area contributed by atoms with Gasteiger partial charge in [-0.2, -0.15) is 0 Å². The first-order valence-electron chi connectivity index (χ1n) is 13.3. The number of piperidine rings is 1. The monoisotopic (exact) mass is 510 g/mol. The number of azide groups is 1. The molecule has 1 aromatic carbocycles. The van der Waals surface area contributed by atoms with Crippen LogP contribution in [0.1, 0.15) is 68.8 Å². The molecule has 3 saturated heterocycles. The van der Waals surface area contributed by atoms with Crippen LogP contribution in [0.3, 0.4) is 0 Å². The van der Waals surface area contributed by atoms with Crippen LogP contribution in [-0.2, 0) is 14.3 Å². The summed E-state index contributed by atoms with van der Waals surface area (Å²) in [4.78, 5) is 46.2. The molecule has 10 nitrogen and oxygen atoms in total. The van der Waals surface area contributed by atoms with E-state index in [9.17, 15) is 14.4 Å². The summed E-state index contributed by atoms with van der Waals surface area (Å²) in [6, 6.07) is 5.38. The van der Waals surface area contributed by atoms with E-state index in [1.54, 1.807) is 0 Å². The molecule has 0 unspecified atom stereocenters. The summed E-state index contributed by atoms with van der Waals surface area (Å²) in [5.74, 6) is -0.439. The molecule has 4 rings (SSSR count). The molecule has 200 valence electrons. The largest absolute Gasteiger partial charge is 0.367 e. The fourth-order valence-electron chi connectivity index (χ4n) is 5.77. The molecular formula is C27H38N6O4. The number of ketones is 1. The molecule has 3 heterocycles. The van der Waals surface area contributed by atoms with Crippen LogP contribution in [0.15, 0.2) is 29.4 Å². The van der Waals surface area contributed by atoms with Crippen LogP contribution >= 0.6 is 0 Å². The molecule has 3 aliphatic heterocycles. The molecule has 10 heteroatoms. The second-order valence-electron chi connectivity index (χ2n) is 11.5. The molecule has 4 atom stereocenters. The van der Waals surface area contributed by atoms with Crippen LogP contribution < -0.4 is 5.32 Å². The predicted octanol–water partition coefficient (Wildman–Crippen LogP) is 3.28. The third kappa shape index (κ3) is 5.81. The van der Waals surface area contributed by atoms with Gasteiger partial charge in [-0.15, -0.1) is 0 Å². The molecule has 0 radical (unpaired) electrons. The Morgan fingerprint density at radius 3 is 2.49 bits per heavy atom. The number of hydrogen-bond donors (Lipinski definition) is 1. The van der Waals surface area contributed by atoms with E-state index in [4.69, 9.17) is 10.3 Å². The van der Waals surface area contributed by atoms with Gasteiger partial charge in [-0.1, -0.05) is 44.9 Å². The molecule has 0 aliphatic carbocycles. The van der Waals surface area contributed by atoms with Crippen molar-refractivity contribution in [2.45, 2.75) is 77.1 Å². The Morgan fingerprint density at radius 1 is 1.22 bits per heavy atom.